The minimum Gasteiger partial charge on any atom is -0.483 e. The van der Waals surface area contributed by atoms with Crippen molar-refractivity contribution < 1.29 is 27.4 Å². The van der Waals surface area contributed by atoms with E-state index in [1.165, 1.54) is 0 Å². The van der Waals surface area contributed by atoms with E-state index in [-0.39, 0.29) is 26.3 Å². The number of carbonyl (C=O) groups is 1. The predicted molar refractivity (Wildman–Crippen MR) is 77.2 cm³/mol. The maximum absolute atomic E-state index is 12.8. The van der Waals surface area contributed by atoms with Crippen LogP contribution >= 0.6 is 11.6 Å². The summed E-state index contributed by atoms with van der Waals surface area (Å²) in [5, 5.41) is 0.423. The fourth-order valence-electron chi connectivity index (χ4n) is 2.25. The number of benzene rings is 1. The molecule has 0 aliphatic carbocycles. The van der Waals surface area contributed by atoms with Crippen molar-refractivity contribution in [2.75, 3.05) is 26.3 Å². The first kappa shape index (κ1) is 17.8. The highest BCUT2D eigenvalue weighted by Crippen LogP contribution is 2.28. The van der Waals surface area contributed by atoms with Crippen molar-refractivity contribution >= 4 is 17.5 Å². The Bertz CT molecular complexity index is 569. The maximum Gasteiger partial charge on any atom is 0.415 e. The number of alkyl halides is 3. The largest absolute Gasteiger partial charge is 0.483 e. The van der Waals surface area contributed by atoms with Crippen LogP contribution in [0.5, 0.6) is 5.75 Å². The number of hydrogen-bond donors (Lipinski definition) is 1. The second-order valence-corrected chi connectivity index (χ2v) is 5.58. The lowest BCUT2D eigenvalue weighted by molar-refractivity contribution is -0.237. The molecule has 5 nitrogen and oxygen atoms in total. The van der Waals surface area contributed by atoms with Gasteiger partial charge in [-0.05, 0) is 18.2 Å². The molecule has 2 N–H and O–H groups in total. The Balaban J connectivity index is 2.09. The van der Waals surface area contributed by atoms with Gasteiger partial charge in [-0.3, -0.25) is 9.69 Å². The van der Waals surface area contributed by atoms with Gasteiger partial charge in [0, 0.05) is 30.2 Å². The number of ether oxygens (including phenoxy) is 2. The van der Waals surface area contributed by atoms with Gasteiger partial charge in [-0.1, -0.05) is 11.6 Å². The summed E-state index contributed by atoms with van der Waals surface area (Å²) >= 11 is 5.93. The van der Waals surface area contributed by atoms with Gasteiger partial charge in [0.2, 0.25) is 0 Å². The smallest absolute Gasteiger partial charge is 0.415 e. The van der Waals surface area contributed by atoms with E-state index in [0.717, 1.165) is 0 Å². The van der Waals surface area contributed by atoms with Gasteiger partial charge >= 0.3 is 6.18 Å². The number of hydrogen-bond acceptors (Lipinski definition) is 4. The molecule has 1 unspecified atom stereocenters. The molecule has 1 amide bonds. The Morgan fingerprint density at radius 1 is 1.48 bits per heavy atom. The summed E-state index contributed by atoms with van der Waals surface area (Å²) in [6.07, 6.45) is -6.22. The fraction of sp³-hybridized carbons (Fsp3) is 0.500. The molecule has 9 heteroatoms. The monoisotopic (exact) mass is 352 g/mol. The maximum atomic E-state index is 12.8. The molecule has 1 aliphatic heterocycles. The molecule has 1 saturated heterocycles. The van der Waals surface area contributed by atoms with Crippen molar-refractivity contribution in [3.8, 4) is 5.75 Å². The van der Waals surface area contributed by atoms with Crippen molar-refractivity contribution in [3.63, 3.8) is 0 Å². The van der Waals surface area contributed by atoms with E-state index in [0.29, 0.717) is 22.9 Å². The molecule has 1 atom stereocenters. The van der Waals surface area contributed by atoms with Gasteiger partial charge in [0.1, 0.15) is 5.75 Å². The van der Waals surface area contributed by atoms with Crippen LogP contribution in [-0.4, -0.2) is 49.4 Å². The van der Waals surface area contributed by atoms with E-state index in [1.54, 1.807) is 23.1 Å². The van der Waals surface area contributed by atoms with Crippen LogP contribution < -0.4 is 10.5 Å². The van der Waals surface area contributed by atoms with E-state index in [1.807, 2.05) is 0 Å². The van der Waals surface area contributed by atoms with E-state index in [4.69, 9.17) is 26.8 Å². The third kappa shape index (κ3) is 5.26. The number of primary amides is 1. The Morgan fingerprint density at radius 3 is 2.87 bits per heavy atom. The van der Waals surface area contributed by atoms with Gasteiger partial charge in [-0.15, -0.1) is 0 Å². The molecule has 0 spiro atoms. The summed E-state index contributed by atoms with van der Waals surface area (Å²) in [4.78, 5) is 12.4. The van der Waals surface area contributed by atoms with E-state index in [9.17, 15) is 18.0 Å². The molecular weight excluding hydrogens is 337 g/mol. The van der Waals surface area contributed by atoms with Crippen molar-refractivity contribution in [2.24, 2.45) is 5.73 Å². The summed E-state index contributed by atoms with van der Waals surface area (Å²) in [7, 11) is 0. The molecule has 0 radical (unpaired) electrons. The van der Waals surface area contributed by atoms with Crippen LogP contribution in [0, 0.1) is 0 Å². The first-order valence-electron chi connectivity index (χ1n) is 6.86. The molecule has 1 heterocycles. The average molecular weight is 353 g/mol. The first-order chi connectivity index (χ1) is 10.8. The third-order valence-corrected chi connectivity index (χ3v) is 3.54. The molecule has 23 heavy (non-hydrogen) atoms. The van der Waals surface area contributed by atoms with E-state index in [2.05, 4.69) is 0 Å². The number of morpholine rings is 1. The van der Waals surface area contributed by atoms with Crippen LogP contribution in [0.15, 0.2) is 18.2 Å². The van der Waals surface area contributed by atoms with Crippen molar-refractivity contribution in [3.05, 3.63) is 28.8 Å². The number of amides is 1. The van der Waals surface area contributed by atoms with Crippen LogP contribution in [0.25, 0.3) is 0 Å². The Kier molecular flexibility index (Phi) is 5.72. The van der Waals surface area contributed by atoms with Crippen molar-refractivity contribution in [1.29, 1.82) is 0 Å². The second-order valence-electron chi connectivity index (χ2n) is 5.14. The number of nitrogens with zero attached hydrogens (tertiary/aromatic N) is 1. The molecule has 2 rings (SSSR count). The van der Waals surface area contributed by atoms with E-state index >= 15 is 0 Å². The zero-order valence-electron chi connectivity index (χ0n) is 12.1. The topological polar surface area (TPSA) is 64.8 Å². The van der Waals surface area contributed by atoms with Gasteiger partial charge in [-0.2, -0.15) is 13.2 Å². The number of halogens is 4. The van der Waals surface area contributed by atoms with Crippen LogP contribution in [0.1, 0.15) is 5.56 Å². The second kappa shape index (κ2) is 7.37. The van der Waals surface area contributed by atoms with Gasteiger partial charge < -0.3 is 15.2 Å². The van der Waals surface area contributed by atoms with E-state index < -0.39 is 18.2 Å². The van der Waals surface area contributed by atoms with Crippen LogP contribution in [0.2, 0.25) is 5.02 Å². The third-order valence-electron chi connectivity index (χ3n) is 3.30. The van der Waals surface area contributed by atoms with Gasteiger partial charge in [0.25, 0.3) is 5.91 Å². The van der Waals surface area contributed by atoms with Crippen molar-refractivity contribution in [2.45, 2.75) is 18.8 Å². The lowest BCUT2D eigenvalue weighted by Crippen LogP contribution is -2.48. The van der Waals surface area contributed by atoms with Gasteiger partial charge in [-0.25, -0.2) is 0 Å². The Hall–Kier alpha value is -1.51. The number of carbonyl (C=O) groups excluding carboxylic acids is 1. The standard InChI is InChI=1S/C14H16ClF3N2O3/c15-10-1-2-11(23-8-13(19)21)9(5-10)6-20-3-4-22-12(7-20)14(16,17)18/h1-2,5,12H,3-4,6-8H2,(H2,19,21). The summed E-state index contributed by atoms with van der Waals surface area (Å²) in [5.74, 6) is -0.280. The quantitative estimate of drug-likeness (QED) is 0.880. The summed E-state index contributed by atoms with van der Waals surface area (Å²) in [6.45, 7) is -0.0463. The molecule has 1 fully saturated rings. The number of rotatable bonds is 5. The average Bonchev–Trinajstić information content (AvgIpc) is 2.45. The van der Waals surface area contributed by atoms with Crippen molar-refractivity contribution in [1.82, 2.24) is 4.90 Å². The molecule has 1 aliphatic rings. The SMILES string of the molecule is NC(=O)COc1ccc(Cl)cc1CN1CCOC(C(F)(F)F)C1. The summed E-state index contributed by atoms with van der Waals surface area (Å²) in [6, 6.07) is 4.72. The molecule has 0 aromatic heterocycles. The zero-order chi connectivity index (χ0) is 17.0. The summed E-state index contributed by atoms with van der Waals surface area (Å²) < 4.78 is 48.3. The Morgan fingerprint density at radius 2 is 2.22 bits per heavy atom. The predicted octanol–water partition coefficient (Wildman–Crippen LogP) is 1.97. The molecular formula is C14H16ClF3N2O3. The van der Waals surface area contributed by atoms with Crippen LogP contribution in [-0.2, 0) is 16.1 Å². The van der Waals surface area contributed by atoms with Crippen LogP contribution in [0.4, 0.5) is 13.2 Å². The molecule has 128 valence electrons. The minimum absolute atomic E-state index is 0.0117. The highest BCUT2D eigenvalue weighted by atomic mass is 35.5. The zero-order valence-corrected chi connectivity index (χ0v) is 12.9. The molecule has 1 aromatic rings. The van der Waals surface area contributed by atoms with Gasteiger partial charge in [0.15, 0.2) is 12.7 Å². The lowest BCUT2D eigenvalue weighted by atomic mass is 10.1. The molecule has 1 aromatic carbocycles. The van der Waals surface area contributed by atoms with Crippen LogP contribution in [0.3, 0.4) is 0 Å². The normalized spacial score (nSPS) is 19.6. The molecule has 0 saturated carbocycles. The Labute approximate surface area is 136 Å². The number of nitrogens with two attached hydrogens (primary N) is 1. The summed E-state index contributed by atoms with van der Waals surface area (Å²) in [5.41, 5.74) is 5.61. The highest BCUT2D eigenvalue weighted by molar-refractivity contribution is 6.30. The molecule has 0 bridgehead atoms. The first-order valence-corrected chi connectivity index (χ1v) is 7.23. The lowest BCUT2D eigenvalue weighted by Gasteiger charge is -2.34. The minimum atomic E-state index is -4.40. The fourth-order valence-corrected chi connectivity index (χ4v) is 2.44. The van der Waals surface area contributed by atoms with Gasteiger partial charge in [0.05, 0.1) is 6.61 Å². The highest BCUT2D eigenvalue weighted by Gasteiger charge is 2.43.